The van der Waals surface area contributed by atoms with Gasteiger partial charge < -0.3 is 4.90 Å². The molecule has 23 heavy (non-hydrogen) atoms. The molecule has 1 aliphatic rings. The second-order valence-corrected chi connectivity index (χ2v) is 6.46. The number of hydrogen-bond donors (Lipinski definition) is 2. The summed E-state index contributed by atoms with van der Waals surface area (Å²) in [5, 5.41) is 11.6. The zero-order valence-electron chi connectivity index (χ0n) is 13.1. The highest BCUT2D eigenvalue weighted by Gasteiger charge is 2.32. The lowest BCUT2D eigenvalue weighted by Gasteiger charge is -2.25. The number of likely N-dealkylation sites (tertiary alicyclic amines) is 1. The Morgan fingerprint density at radius 3 is 3.00 bits per heavy atom. The summed E-state index contributed by atoms with van der Waals surface area (Å²) in [6.45, 7) is 4.53. The molecule has 122 valence electrons. The summed E-state index contributed by atoms with van der Waals surface area (Å²) < 4.78 is 0. The van der Waals surface area contributed by atoms with Crippen LogP contribution in [-0.4, -0.2) is 44.5 Å². The standard InChI is InChI=1S/C15H19N5O2S/c1-3-10(20-7-4-5-11(20)21)14(22)17-15-16-13(18-19-15)12-9(2)6-8-23-12/h6,8,10H,3-5,7H2,1-2H3,(H2,16,17,18,19,22)/t10-/m0/s1. The van der Waals surface area contributed by atoms with Gasteiger partial charge in [-0.15, -0.1) is 16.4 Å². The van der Waals surface area contributed by atoms with Gasteiger partial charge in [0.1, 0.15) is 6.04 Å². The monoisotopic (exact) mass is 333 g/mol. The largest absolute Gasteiger partial charge is 0.331 e. The molecule has 1 fully saturated rings. The van der Waals surface area contributed by atoms with Crippen LogP contribution in [0.3, 0.4) is 0 Å². The van der Waals surface area contributed by atoms with Gasteiger partial charge in [0.2, 0.25) is 17.8 Å². The van der Waals surface area contributed by atoms with Crippen LogP contribution in [0.2, 0.25) is 0 Å². The number of aromatic nitrogens is 3. The van der Waals surface area contributed by atoms with Crippen LogP contribution >= 0.6 is 11.3 Å². The minimum Gasteiger partial charge on any atom is -0.331 e. The van der Waals surface area contributed by atoms with Gasteiger partial charge in [0.25, 0.3) is 0 Å². The van der Waals surface area contributed by atoms with Gasteiger partial charge in [0.05, 0.1) is 4.88 Å². The maximum absolute atomic E-state index is 12.4. The lowest BCUT2D eigenvalue weighted by atomic mass is 10.2. The second-order valence-electron chi connectivity index (χ2n) is 5.54. The lowest BCUT2D eigenvalue weighted by molar-refractivity contribution is -0.135. The first-order valence-electron chi connectivity index (χ1n) is 7.67. The van der Waals surface area contributed by atoms with Crippen molar-refractivity contribution >= 4 is 29.1 Å². The van der Waals surface area contributed by atoms with E-state index in [9.17, 15) is 9.59 Å². The molecule has 0 radical (unpaired) electrons. The topological polar surface area (TPSA) is 91.0 Å². The predicted molar refractivity (Wildman–Crippen MR) is 88.1 cm³/mol. The molecule has 0 spiro atoms. The lowest BCUT2D eigenvalue weighted by Crippen LogP contribution is -2.44. The highest BCUT2D eigenvalue weighted by Crippen LogP contribution is 2.26. The Kier molecular flexibility index (Phi) is 4.42. The quantitative estimate of drug-likeness (QED) is 0.877. The van der Waals surface area contributed by atoms with Crippen molar-refractivity contribution < 1.29 is 9.59 Å². The molecule has 1 atom stereocenters. The smallest absolute Gasteiger partial charge is 0.249 e. The number of H-pyrrole nitrogens is 1. The summed E-state index contributed by atoms with van der Waals surface area (Å²) in [5.41, 5.74) is 1.11. The minimum absolute atomic E-state index is 0.0388. The van der Waals surface area contributed by atoms with E-state index in [1.807, 2.05) is 25.3 Å². The number of rotatable bonds is 5. The van der Waals surface area contributed by atoms with Crippen molar-refractivity contribution in [3.63, 3.8) is 0 Å². The zero-order chi connectivity index (χ0) is 16.4. The van der Waals surface area contributed by atoms with Gasteiger partial charge in [0, 0.05) is 13.0 Å². The molecule has 0 saturated carbocycles. The van der Waals surface area contributed by atoms with Crippen molar-refractivity contribution in [2.75, 3.05) is 11.9 Å². The van der Waals surface area contributed by atoms with Crippen molar-refractivity contribution in [3.8, 4) is 10.7 Å². The van der Waals surface area contributed by atoms with Crippen molar-refractivity contribution in [1.29, 1.82) is 0 Å². The molecule has 0 bridgehead atoms. The van der Waals surface area contributed by atoms with Gasteiger partial charge in [-0.05, 0) is 36.8 Å². The minimum atomic E-state index is -0.463. The number of aromatic amines is 1. The third kappa shape index (κ3) is 3.12. The summed E-state index contributed by atoms with van der Waals surface area (Å²) in [5.74, 6) is 0.675. The molecular weight excluding hydrogens is 314 g/mol. The molecular formula is C15H19N5O2S. The molecule has 3 heterocycles. The van der Waals surface area contributed by atoms with E-state index in [0.717, 1.165) is 16.9 Å². The first kappa shape index (κ1) is 15.7. The Bertz CT molecular complexity index is 723. The Morgan fingerprint density at radius 1 is 1.57 bits per heavy atom. The van der Waals surface area contributed by atoms with E-state index in [1.54, 1.807) is 16.2 Å². The van der Waals surface area contributed by atoms with E-state index in [-0.39, 0.29) is 17.8 Å². The van der Waals surface area contributed by atoms with E-state index in [0.29, 0.717) is 25.2 Å². The van der Waals surface area contributed by atoms with Crippen LogP contribution in [0.15, 0.2) is 11.4 Å². The van der Waals surface area contributed by atoms with Gasteiger partial charge in [-0.3, -0.25) is 20.0 Å². The van der Waals surface area contributed by atoms with Crippen LogP contribution in [0.4, 0.5) is 5.95 Å². The van der Waals surface area contributed by atoms with Crippen LogP contribution in [0.1, 0.15) is 31.7 Å². The highest BCUT2D eigenvalue weighted by molar-refractivity contribution is 7.13. The number of amides is 2. The van der Waals surface area contributed by atoms with E-state index in [4.69, 9.17) is 0 Å². The Labute approximate surface area is 138 Å². The average molecular weight is 333 g/mol. The summed E-state index contributed by atoms with van der Waals surface area (Å²) in [6.07, 6.45) is 1.90. The van der Waals surface area contributed by atoms with Crippen LogP contribution in [-0.2, 0) is 9.59 Å². The maximum atomic E-state index is 12.4. The first-order chi connectivity index (χ1) is 11.1. The molecule has 7 nitrogen and oxygen atoms in total. The number of aryl methyl sites for hydroxylation is 1. The highest BCUT2D eigenvalue weighted by atomic mass is 32.1. The van der Waals surface area contributed by atoms with Crippen molar-refractivity contribution in [1.82, 2.24) is 20.1 Å². The molecule has 2 N–H and O–H groups in total. The zero-order valence-corrected chi connectivity index (χ0v) is 13.9. The Balaban J connectivity index is 1.71. The van der Waals surface area contributed by atoms with Crippen LogP contribution in [0.25, 0.3) is 10.7 Å². The van der Waals surface area contributed by atoms with Crippen LogP contribution < -0.4 is 5.32 Å². The molecule has 1 saturated heterocycles. The number of carbonyl (C=O) groups excluding carboxylic acids is 2. The van der Waals surface area contributed by atoms with E-state index in [1.165, 1.54) is 0 Å². The molecule has 2 aromatic heterocycles. The van der Waals surface area contributed by atoms with Gasteiger partial charge in [0.15, 0.2) is 5.82 Å². The number of anilines is 1. The summed E-state index contributed by atoms with van der Waals surface area (Å²) in [4.78, 5) is 31.3. The van der Waals surface area contributed by atoms with Gasteiger partial charge in [-0.2, -0.15) is 4.98 Å². The summed E-state index contributed by atoms with van der Waals surface area (Å²) >= 11 is 1.57. The molecule has 0 aliphatic carbocycles. The van der Waals surface area contributed by atoms with E-state index >= 15 is 0 Å². The van der Waals surface area contributed by atoms with Crippen LogP contribution in [0, 0.1) is 6.92 Å². The van der Waals surface area contributed by atoms with Crippen molar-refractivity contribution in [2.24, 2.45) is 0 Å². The number of nitrogens with zero attached hydrogens (tertiary/aromatic N) is 3. The second kappa shape index (κ2) is 6.49. The van der Waals surface area contributed by atoms with Crippen LogP contribution in [0.5, 0.6) is 0 Å². The van der Waals surface area contributed by atoms with E-state index < -0.39 is 6.04 Å². The van der Waals surface area contributed by atoms with Gasteiger partial charge >= 0.3 is 0 Å². The van der Waals surface area contributed by atoms with E-state index in [2.05, 4.69) is 20.5 Å². The molecule has 2 amide bonds. The number of thiophene rings is 1. The Hall–Kier alpha value is -2.22. The molecule has 3 rings (SSSR count). The maximum Gasteiger partial charge on any atom is 0.249 e. The fraction of sp³-hybridized carbons (Fsp3) is 0.467. The molecule has 0 aromatic carbocycles. The first-order valence-corrected chi connectivity index (χ1v) is 8.55. The third-order valence-electron chi connectivity index (χ3n) is 3.97. The summed E-state index contributed by atoms with van der Waals surface area (Å²) in [7, 11) is 0. The molecule has 0 unspecified atom stereocenters. The number of hydrogen-bond acceptors (Lipinski definition) is 5. The van der Waals surface area contributed by atoms with Crippen molar-refractivity contribution in [2.45, 2.75) is 39.2 Å². The SMILES string of the molecule is CC[C@@H](C(=O)Nc1n[nH]c(-c2sccc2C)n1)N1CCCC1=O. The molecule has 1 aliphatic heterocycles. The fourth-order valence-corrected chi connectivity index (χ4v) is 3.64. The normalized spacial score (nSPS) is 15.9. The predicted octanol–water partition coefficient (Wildman–Crippen LogP) is 2.18. The molecule has 2 aromatic rings. The molecule has 8 heteroatoms. The third-order valence-corrected chi connectivity index (χ3v) is 5.00. The van der Waals surface area contributed by atoms with Gasteiger partial charge in [-0.25, -0.2) is 0 Å². The fourth-order valence-electron chi connectivity index (χ4n) is 2.77. The Morgan fingerprint density at radius 2 is 2.39 bits per heavy atom. The van der Waals surface area contributed by atoms with Gasteiger partial charge in [-0.1, -0.05) is 6.92 Å². The number of carbonyl (C=O) groups is 2. The van der Waals surface area contributed by atoms with Crippen molar-refractivity contribution in [3.05, 3.63) is 17.0 Å². The average Bonchev–Trinajstić information content (AvgIpc) is 3.23. The summed E-state index contributed by atoms with van der Waals surface area (Å²) in [6, 6.07) is 1.54. The number of nitrogens with one attached hydrogen (secondary N) is 2.